The van der Waals surface area contributed by atoms with E-state index in [0.29, 0.717) is 51.0 Å². The summed E-state index contributed by atoms with van der Waals surface area (Å²) in [7, 11) is 0. The minimum atomic E-state index is -0.469. The molecule has 2 aliphatic heterocycles. The zero-order chi connectivity index (χ0) is 26.1. The van der Waals surface area contributed by atoms with Crippen LogP contribution in [0.2, 0.25) is 0 Å². The highest BCUT2D eigenvalue weighted by Crippen LogP contribution is 2.27. The number of Topliss-reactive ketones (excluding diaryl/α,β-unsaturated/α-hetero) is 1. The van der Waals surface area contributed by atoms with Gasteiger partial charge in [-0.15, -0.1) is 11.3 Å². The Morgan fingerprint density at radius 2 is 1.64 bits per heavy atom. The maximum absolute atomic E-state index is 13.1. The third-order valence-corrected chi connectivity index (χ3v) is 7.40. The number of amides is 1. The van der Waals surface area contributed by atoms with Gasteiger partial charge in [-0.3, -0.25) is 24.3 Å². The van der Waals surface area contributed by atoms with Gasteiger partial charge in [0.1, 0.15) is 5.82 Å². The van der Waals surface area contributed by atoms with Crippen LogP contribution >= 0.6 is 11.3 Å². The molecular formula is C25H29FN2O7S. The van der Waals surface area contributed by atoms with Crippen LogP contribution in [0.25, 0.3) is 0 Å². The molecule has 3 heterocycles. The normalized spacial score (nSPS) is 20.4. The van der Waals surface area contributed by atoms with Crippen molar-refractivity contribution in [1.82, 2.24) is 9.80 Å². The lowest BCUT2D eigenvalue weighted by molar-refractivity contribution is -0.188. The number of nitrogens with zero attached hydrogens (tertiary/aromatic N) is 2. The SMILES string of the molecule is Cc1ccc(C(=O)N2CCC(O)C(N3CCC(C(=O)c4ccc(F)cc4)CC3)C2)s1.OOC#COO. The van der Waals surface area contributed by atoms with E-state index >= 15 is 0 Å². The molecule has 2 saturated heterocycles. The first kappa shape index (κ1) is 27.6. The number of thiophene rings is 1. The van der Waals surface area contributed by atoms with Crippen LogP contribution in [0.5, 0.6) is 0 Å². The van der Waals surface area contributed by atoms with Gasteiger partial charge in [-0.1, -0.05) is 0 Å². The number of aliphatic hydroxyl groups excluding tert-OH is 1. The number of rotatable bonds is 4. The van der Waals surface area contributed by atoms with Crippen molar-refractivity contribution in [3.8, 4) is 12.2 Å². The lowest BCUT2D eigenvalue weighted by Gasteiger charge is -2.44. The van der Waals surface area contributed by atoms with Crippen molar-refractivity contribution in [2.24, 2.45) is 5.92 Å². The number of carbonyl (C=O) groups excluding carboxylic acids is 2. The van der Waals surface area contributed by atoms with Gasteiger partial charge in [-0.05, 0) is 75.7 Å². The Bertz CT molecular complexity index is 1070. The van der Waals surface area contributed by atoms with E-state index in [0.717, 1.165) is 9.75 Å². The summed E-state index contributed by atoms with van der Waals surface area (Å²) in [4.78, 5) is 37.7. The molecule has 0 saturated carbocycles. The van der Waals surface area contributed by atoms with Gasteiger partial charge < -0.3 is 10.0 Å². The molecular weight excluding hydrogens is 491 g/mol. The summed E-state index contributed by atoms with van der Waals surface area (Å²) in [6.07, 6.45) is 4.57. The Labute approximate surface area is 212 Å². The second-order valence-corrected chi connectivity index (χ2v) is 9.94. The quantitative estimate of drug-likeness (QED) is 0.243. The average Bonchev–Trinajstić information content (AvgIpc) is 3.34. The molecule has 0 radical (unpaired) electrons. The number of aliphatic hydroxyl groups is 1. The van der Waals surface area contributed by atoms with E-state index < -0.39 is 6.10 Å². The largest absolute Gasteiger partial charge is 0.391 e. The summed E-state index contributed by atoms with van der Waals surface area (Å²) in [5, 5.41) is 25.3. The van der Waals surface area contributed by atoms with E-state index in [1.54, 1.807) is 12.1 Å². The molecule has 1 aromatic heterocycles. The lowest BCUT2D eigenvalue weighted by atomic mass is 9.87. The predicted octanol–water partition coefficient (Wildman–Crippen LogP) is 3.25. The van der Waals surface area contributed by atoms with Gasteiger partial charge in [0.15, 0.2) is 5.78 Å². The highest BCUT2D eigenvalue weighted by atomic mass is 32.1. The number of halogens is 1. The highest BCUT2D eigenvalue weighted by molar-refractivity contribution is 7.13. The van der Waals surface area contributed by atoms with Gasteiger partial charge in [0, 0.05) is 29.4 Å². The molecule has 1 aromatic carbocycles. The van der Waals surface area contributed by atoms with Gasteiger partial charge in [-0.2, -0.15) is 10.5 Å². The molecule has 9 nitrogen and oxygen atoms in total. The third kappa shape index (κ3) is 7.25. The van der Waals surface area contributed by atoms with Crippen LogP contribution in [-0.4, -0.2) is 75.4 Å². The number of carbonyl (C=O) groups is 2. The summed E-state index contributed by atoms with van der Waals surface area (Å²) in [5.41, 5.74) is 0.551. The average molecular weight is 521 g/mol. The van der Waals surface area contributed by atoms with Gasteiger partial charge in [0.05, 0.1) is 17.0 Å². The van der Waals surface area contributed by atoms with E-state index in [9.17, 15) is 19.1 Å². The fourth-order valence-electron chi connectivity index (χ4n) is 4.55. The van der Waals surface area contributed by atoms with Crippen LogP contribution in [-0.2, 0) is 9.78 Å². The number of ketones is 1. The molecule has 11 heteroatoms. The van der Waals surface area contributed by atoms with Crippen molar-refractivity contribution < 1.29 is 39.4 Å². The molecule has 1 amide bonds. The van der Waals surface area contributed by atoms with Crippen molar-refractivity contribution in [2.75, 3.05) is 26.2 Å². The summed E-state index contributed by atoms with van der Waals surface area (Å²) < 4.78 is 13.1. The smallest absolute Gasteiger partial charge is 0.263 e. The first-order chi connectivity index (χ1) is 17.3. The Morgan fingerprint density at radius 1 is 1.00 bits per heavy atom. The first-order valence-corrected chi connectivity index (χ1v) is 12.3. The summed E-state index contributed by atoms with van der Waals surface area (Å²) in [5.74, 6) is -0.334. The first-order valence-electron chi connectivity index (χ1n) is 11.5. The van der Waals surface area contributed by atoms with E-state index in [1.165, 1.54) is 35.7 Å². The topological polar surface area (TPSA) is 120 Å². The van der Waals surface area contributed by atoms with Crippen molar-refractivity contribution in [2.45, 2.75) is 38.3 Å². The fourth-order valence-corrected chi connectivity index (χ4v) is 5.38. The molecule has 0 aliphatic carbocycles. The minimum absolute atomic E-state index is 0.0337. The van der Waals surface area contributed by atoms with E-state index in [2.05, 4.69) is 14.7 Å². The van der Waals surface area contributed by atoms with Crippen LogP contribution in [0.4, 0.5) is 4.39 Å². The van der Waals surface area contributed by atoms with Crippen molar-refractivity contribution >= 4 is 23.0 Å². The Balaban J connectivity index is 0.000000538. The molecule has 0 spiro atoms. The maximum atomic E-state index is 13.1. The third-order valence-electron chi connectivity index (χ3n) is 6.42. The number of hydrogen-bond acceptors (Lipinski definition) is 9. The van der Waals surface area contributed by atoms with E-state index in [4.69, 9.17) is 10.5 Å². The lowest BCUT2D eigenvalue weighted by Crippen LogP contribution is -2.58. The highest BCUT2D eigenvalue weighted by Gasteiger charge is 2.37. The number of likely N-dealkylation sites (tertiary alicyclic amines) is 2. The number of benzene rings is 1. The van der Waals surface area contributed by atoms with Gasteiger partial charge in [0.25, 0.3) is 5.91 Å². The predicted molar refractivity (Wildman–Crippen MR) is 130 cm³/mol. The molecule has 2 fully saturated rings. The molecule has 2 unspecified atom stereocenters. The second kappa shape index (κ2) is 13.3. The second-order valence-electron chi connectivity index (χ2n) is 8.65. The maximum Gasteiger partial charge on any atom is 0.263 e. The zero-order valence-electron chi connectivity index (χ0n) is 19.8. The standard InChI is InChI=1S/C23H27FN2O3S.C2H2O4/c1-15-2-7-21(30-15)23(29)26-13-10-20(27)19(14-26)25-11-8-17(9-12-25)22(28)16-3-5-18(24)6-4-16;3-5-1-2-6-4/h2-7,17,19-20,27H,8-14H2,1H3;3-4H. The molecule has 3 N–H and O–H groups in total. The molecule has 4 rings (SSSR count). The van der Waals surface area contributed by atoms with Crippen LogP contribution in [0, 0.1) is 30.9 Å². The van der Waals surface area contributed by atoms with Crippen molar-refractivity contribution in [1.29, 1.82) is 0 Å². The molecule has 36 heavy (non-hydrogen) atoms. The Kier molecular flexibility index (Phi) is 10.2. The summed E-state index contributed by atoms with van der Waals surface area (Å²) in [6, 6.07) is 9.45. The van der Waals surface area contributed by atoms with Crippen molar-refractivity contribution in [3.05, 3.63) is 57.5 Å². The fraction of sp³-hybridized carbons (Fsp3) is 0.440. The van der Waals surface area contributed by atoms with Crippen LogP contribution in [0.15, 0.2) is 36.4 Å². The van der Waals surface area contributed by atoms with Crippen LogP contribution in [0.3, 0.4) is 0 Å². The van der Waals surface area contributed by atoms with E-state index in [1.807, 2.05) is 24.0 Å². The van der Waals surface area contributed by atoms with Crippen molar-refractivity contribution in [3.63, 3.8) is 0 Å². The summed E-state index contributed by atoms with van der Waals surface area (Å²) >= 11 is 1.50. The number of aryl methyl sites for hydroxylation is 1. The van der Waals surface area contributed by atoms with E-state index in [-0.39, 0.29) is 29.5 Å². The molecule has 2 aliphatic rings. The molecule has 0 bridgehead atoms. The Morgan fingerprint density at radius 3 is 2.19 bits per heavy atom. The van der Waals surface area contributed by atoms with Gasteiger partial charge in [-0.25, -0.2) is 4.39 Å². The monoisotopic (exact) mass is 520 g/mol. The number of piperidine rings is 2. The zero-order valence-corrected chi connectivity index (χ0v) is 20.6. The van der Waals surface area contributed by atoms with Crippen LogP contribution in [0.1, 0.15) is 44.2 Å². The molecule has 2 atom stereocenters. The number of hydrogen-bond donors (Lipinski definition) is 3. The summed E-state index contributed by atoms with van der Waals surface area (Å²) in [6.45, 7) is 4.47. The minimum Gasteiger partial charge on any atom is -0.391 e. The molecule has 2 aromatic rings. The van der Waals surface area contributed by atoms with Crippen LogP contribution < -0.4 is 0 Å². The van der Waals surface area contributed by atoms with Gasteiger partial charge >= 0.3 is 0 Å². The Hall–Kier alpha value is -3.01. The molecule has 194 valence electrons. The van der Waals surface area contributed by atoms with Gasteiger partial charge in [0.2, 0.25) is 12.2 Å².